The zero-order chi connectivity index (χ0) is 13.9. The molecule has 0 unspecified atom stereocenters. The Labute approximate surface area is 119 Å². The van der Waals surface area contributed by atoms with Gasteiger partial charge in [0.25, 0.3) is 0 Å². The number of hydrogen-bond donors (Lipinski definition) is 2. The molecule has 0 aliphatic rings. The molecule has 0 amide bonds. The van der Waals surface area contributed by atoms with E-state index in [2.05, 4.69) is 26.0 Å². The minimum Gasteiger partial charge on any atom is -0.385 e. The summed E-state index contributed by atoms with van der Waals surface area (Å²) in [5.41, 5.74) is 1.11. The first-order valence-corrected chi connectivity index (χ1v) is 7.48. The molecule has 6 heteroatoms. The van der Waals surface area contributed by atoms with Crippen molar-refractivity contribution in [3.8, 4) is 0 Å². The second kappa shape index (κ2) is 9.75. The van der Waals surface area contributed by atoms with Gasteiger partial charge in [-0.05, 0) is 19.8 Å². The van der Waals surface area contributed by atoms with Crippen molar-refractivity contribution >= 4 is 17.3 Å². The summed E-state index contributed by atoms with van der Waals surface area (Å²) in [6.45, 7) is 4.58. The maximum atomic E-state index is 5.00. The smallest absolute Gasteiger partial charge is 0.190 e. The van der Waals surface area contributed by atoms with E-state index in [1.807, 2.05) is 6.92 Å². The Morgan fingerprint density at radius 1 is 1.37 bits per heavy atom. The number of nitrogens with one attached hydrogen (secondary N) is 2. The van der Waals surface area contributed by atoms with E-state index in [0.29, 0.717) is 0 Å². The molecule has 0 saturated carbocycles. The average molecular weight is 284 g/mol. The molecule has 0 aromatic carbocycles. The predicted molar refractivity (Wildman–Crippen MR) is 81.0 cm³/mol. The lowest BCUT2D eigenvalue weighted by Crippen LogP contribution is -2.38. The van der Waals surface area contributed by atoms with Gasteiger partial charge >= 0.3 is 0 Å². The van der Waals surface area contributed by atoms with E-state index in [4.69, 9.17) is 4.74 Å². The maximum Gasteiger partial charge on any atom is 0.190 e. The summed E-state index contributed by atoms with van der Waals surface area (Å²) >= 11 is 1.73. The second-order valence-corrected chi connectivity index (χ2v) is 5.20. The fourth-order valence-electron chi connectivity index (χ4n) is 1.61. The normalized spacial score (nSPS) is 11.6. The molecular formula is C13H24N4OS. The van der Waals surface area contributed by atoms with Crippen LogP contribution in [0, 0.1) is 6.92 Å². The standard InChI is InChI=1S/C13H24N4OS/c1-11-10-19-12(17-11)6-4-7-15-13(14-2)16-8-5-9-18-3/h10H,4-9H2,1-3H3,(H2,14,15,16). The molecule has 1 aromatic heterocycles. The summed E-state index contributed by atoms with van der Waals surface area (Å²) in [7, 11) is 3.50. The van der Waals surface area contributed by atoms with Crippen LogP contribution >= 0.6 is 11.3 Å². The second-order valence-electron chi connectivity index (χ2n) is 4.26. The summed E-state index contributed by atoms with van der Waals surface area (Å²) < 4.78 is 5.00. The zero-order valence-corrected chi connectivity index (χ0v) is 12.8. The monoisotopic (exact) mass is 284 g/mol. The van der Waals surface area contributed by atoms with Crippen molar-refractivity contribution in [2.24, 2.45) is 4.99 Å². The van der Waals surface area contributed by atoms with Gasteiger partial charge in [-0.15, -0.1) is 11.3 Å². The fourth-order valence-corrected chi connectivity index (χ4v) is 2.43. The van der Waals surface area contributed by atoms with Gasteiger partial charge in [0.05, 0.1) is 5.01 Å². The fraction of sp³-hybridized carbons (Fsp3) is 0.692. The van der Waals surface area contributed by atoms with Gasteiger partial charge in [0.1, 0.15) is 0 Å². The highest BCUT2D eigenvalue weighted by Gasteiger charge is 2.00. The molecule has 0 aliphatic carbocycles. The van der Waals surface area contributed by atoms with Crippen molar-refractivity contribution in [3.05, 3.63) is 16.1 Å². The Balaban J connectivity index is 2.09. The summed E-state index contributed by atoms with van der Waals surface area (Å²) in [4.78, 5) is 8.62. The average Bonchev–Trinajstić information content (AvgIpc) is 2.82. The molecule has 0 aliphatic heterocycles. The third-order valence-electron chi connectivity index (χ3n) is 2.57. The molecule has 108 valence electrons. The van der Waals surface area contributed by atoms with Crippen LogP contribution in [0.3, 0.4) is 0 Å². The van der Waals surface area contributed by atoms with Crippen molar-refractivity contribution in [3.63, 3.8) is 0 Å². The summed E-state index contributed by atoms with van der Waals surface area (Å²) in [6.07, 6.45) is 3.06. The molecular weight excluding hydrogens is 260 g/mol. The number of hydrogen-bond acceptors (Lipinski definition) is 4. The summed E-state index contributed by atoms with van der Waals surface area (Å²) in [5.74, 6) is 0.853. The number of aliphatic imine (C=N–C) groups is 1. The van der Waals surface area contributed by atoms with Crippen molar-refractivity contribution in [2.75, 3.05) is 33.9 Å². The van der Waals surface area contributed by atoms with E-state index in [0.717, 1.165) is 50.6 Å². The summed E-state index contributed by atoms with van der Waals surface area (Å²) in [5, 5.41) is 9.86. The van der Waals surface area contributed by atoms with Gasteiger partial charge in [-0.1, -0.05) is 0 Å². The number of methoxy groups -OCH3 is 1. The first-order chi connectivity index (χ1) is 9.26. The number of nitrogens with zero attached hydrogens (tertiary/aromatic N) is 2. The Morgan fingerprint density at radius 2 is 2.11 bits per heavy atom. The Kier molecular flexibility index (Phi) is 8.16. The molecule has 19 heavy (non-hydrogen) atoms. The topological polar surface area (TPSA) is 58.5 Å². The van der Waals surface area contributed by atoms with Gasteiger partial charge in [-0.2, -0.15) is 0 Å². The van der Waals surface area contributed by atoms with Crippen LogP contribution in [0.5, 0.6) is 0 Å². The minimum atomic E-state index is 0.771. The molecule has 1 rings (SSSR count). The number of guanidine groups is 1. The number of ether oxygens (including phenoxy) is 1. The molecule has 2 N–H and O–H groups in total. The van der Waals surface area contributed by atoms with Crippen molar-refractivity contribution in [1.29, 1.82) is 0 Å². The number of rotatable bonds is 8. The van der Waals surface area contributed by atoms with Gasteiger partial charge in [-0.3, -0.25) is 4.99 Å². The van der Waals surface area contributed by atoms with E-state index in [1.54, 1.807) is 25.5 Å². The van der Waals surface area contributed by atoms with Gasteiger partial charge in [0, 0.05) is 51.3 Å². The van der Waals surface area contributed by atoms with Crippen LogP contribution in [0.4, 0.5) is 0 Å². The third kappa shape index (κ3) is 7.12. The minimum absolute atomic E-state index is 0.771. The third-order valence-corrected chi connectivity index (χ3v) is 3.59. The van der Waals surface area contributed by atoms with Crippen molar-refractivity contribution < 1.29 is 4.74 Å². The Bertz CT molecular complexity index is 378. The molecule has 5 nitrogen and oxygen atoms in total. The molecule has 0 atom stereocenters. The molecule has 1 aromatic rings. The van der Waals surface area contributed by atoms with Crippen LogP contribution in [-0.4, -0.2) is 44.8 Å². The van der Waals surface area contributed by atoms with Crippen LogP contribution < -0.4 is 10.6 Å². The predicted octanol–water partition coefficient (Wildman–Crippen LogP) is 1.59. The Morgan fingerprint density at radius 3 is 2.68 bits per heavy atom. The van der Waals surface area contributed by atoms with Gasteiger partial charge in [0.15, 0.2) is 5.96 Å². The van der Waals surface area contributed by atoms with Crippen molar-refractivity contribution in [1.82, 2.24) is 15.6 Å². The van der Waals surface area contributed by atoms with Crippen molar-refractivity contribution in [2.45, 2.75) is 26.2 Å². The molecule has 1 heterocycles. The summed E-state index contributed by atoms with van der Waals surface area (Å²) in [6, 6.07) is 0. The van der Waals surface area contributed by atoms with Crippen LogP contribution in [-0.2, 0) is 11.2 Å². The number of thiazole rings is 1. The lowest BCUT2D eigenvalue weighted by atomic mass is 10.3. The zero-order valence-electron chi connectivity index (χ0n) is 12.0. The first-order valence-electron chi connectivity index (χ1n) is 6.60. The van der Waals surface area contributed by atoms with Crippen LogP contribution in [0.2, 0.25) is 0 Å². The lowest BCUT2D eigenvalue weighted by molar-refractivity contribution is 0.195. The quantitative estimate of drug-likeness (QED) is 0.432. The first kappa shape index (κ1) is 15.9. The van der Waals surface area contributed by atoms with Crippen LogP contribution in [0.1, 0.15) is 23.5 Å². The maximum absolute atomic E-state index is 5.00. The Hall–Kier alpha value is -1.14. The lowest BCUT2D eigenvalue weighted by Gasteiger charge is -2.11. The molecule has 0 radical (unpaired) electrons. The highest BCUT2D eigenvalue weighted by molar-refractivity contribution is 7.09. The molecule has 0 spiro atoms. The molecule has 0 bridgehead atoms. The highest BCUT2D eigenvalue weighted by Crippen LogP contribution is 2.10. The van der Waals surface area contributed by atoms with Crippen LogP contribution in [0.25, 0.3) is 0 Å². The van der Waals surface area contributed by atoms with E-state index in [-0.39, 0.29) is 0 Å². The van der Waals surface area contributed by atoms with E-state index >= 15 is 0 Å². The van der Waals surface area contributed by atoms with E-state index in [9.17, 15) is 0 Å². The highest BCUT2D eigenvalue weighted by atomic mass is 32.1. The van der Waals surface area contributed by atoms with Gasteiger partial charge in [-0.25, -0.2) is 4.98 Å². The van der Waals surface area contributed by atoms with Gasteiger partial charge < -0.3 is 15.4 Å². The molecule has 0 saturated heterocycles. The van der Waals surface area contributed by atoms with E-state index in [1.165, 1.54) is 5.01 Å². The molecule has 0 fully saturated rings. The number of aryl methyl sites for hydroxylation is 2. The van der Waals surface area contributed by atoms with Crippen LogP contribution in [0.15, 0.2) is 10.4 Å². The largest absolute Gasteiger partial charge is 0.385 e. The number of aromatic nitrogens is 1. The van der Waals surface area contributed by atoms with E-state index < -0.39 is 0 Å². The van der Waals surface area contributed by atoms with Gasteiger partial charge in [0.2, 0.25) is 0 Å². The SMILES string of the molecule is CN=C(NCCCOC)NCCCc1nc(C)cs1.